The van der Waals surface area contributed by atoms with Gasteiger partial charge < -0.3 is 10.1 Å². The number of benzene rings is 2. The number of anilines is 1. The van der Waals surface area contributed by atoms with Gasteiger partial charge in [0.2, 0.25) is 0 Å². The van der Waals surface area contributed by atoms with Crippen molar-refractivity contribution in [1.82, 2.24) is 0 Å². The van der Waals surface area contributed by atoms with Crippen molar-refractivity contribution in [1.29, 1.82) is 0 Å². The molecule has 3 nitrogen and oxygen atoms in total. The first kappa shape index (κ1) is 14.4. The van der Waals surface area contributed by atoms with Gasteiger partial charge in [-0.3, -0.25) is 4.79 Å². The van der Waals surface area contributed by atoms with Crippen LogP contribution in [0.4, 0.5) is 5.69 Å². The van der Waals surface area contributed by atoms with Gasteiger partial charge in [0.05, 0.1) is 12.1 Å². The van der Waals surface area contributed by atoms with Crippen molar-refractivity contribution in [2.24, 2.45) is 0 Å². The first-order valence-corrected chi connectivity index (χ1v) is 6.75. The largest absolute Gasteiger partial charge is 0.495 e. The topological polar surface area (TPSA) is 38.3 Å². The molecule has 0 fully saturated rings. The van der Waals surface area contributed by atoms with Crippen LogP contribution in [-0.2, 0) is 6.42 Å². The zero-order valence-corrected chi connectivity index (χ0v) is 12.2. The molecule has 0 spiro atoms. The van der Waals surface area contributed by atoms with Crippen molar-refractivity contribution < 1.29 is 9.53 Å². The molecule has 0 aliphatic rings. The van der Waals surface area contributed by atoms with Crippen LogP contribution >= 0.6 is 11.6 Å². The molecule has 0 atom stereocenters. The van der Waals surface area contributed by atoms with E-state index in [0.29, 0.717) is 16.3 Å². The van der Waals surface area contributed by atoms with Crippen LogP contribution in [0.2, 0.25) is 5.02 Å². The molecule has 0 radical (unpaired) electrons. The van der Waals surface area contributed by atoms with Crippen LogP contribution in [0.5, 0.6) is 5.75 Å². The summed E-state index contributed by atoms with van der Waals surface area (Å²) in [7, 11) is 1.54. The van der Waals surface area contributed by atoms with Gasteiger partial charge >= 0.3 is 0 Å². The van der Waals surface area contributed by atoms with Crippen LogP contribution in [0.15, 0.2) is 42.5 Å². The molecular formula is C16H16ClNO2. The van der Waals surface area contributed by atoms with E-state index in [-0.39, 0.29) is 5.91 Å². The van der Waals surface area contributed by atoms with Gasteiger partial charge in [-0.2, -0.15) is 0 Å². The highest BCUT2D eigenvalue weighted by Gasteiger charge is 2.09. The zero-order valence-electron chi connectivity index (χ0n) is 11.4. The summed E-state index contributed by atoms with van der Waals surface area (Å²) in [6.45, 7) is 2.09. The molecule has 0 saturated heterocycles. The summed E-state index contributed by atoms with van der Waals surface area (Å²) in [5.41, 5.74) is 2.49. The lowest BCUT2D eigenvalue weighted by molar-refractivity contribution is 0.102. The lowest BCUT2D eigenvalue weighted by Gasteiger charge is -2.08. The Morgan fingerprint density at radius 3 is 2.45 bits per heavy atom. The normalized spacial score (nSPS) is 10.2. The number of nitrogens with one attached hydrogen (secondary N) is 1. The molecule has 2 aromatic rings. The quantitative estimate of drug-likeness (QED) is 0.917. The second-order valence-corrected chi connectivity index (χ2v) is 4.76. The van der Waals surface area contributed by atoms with Gasteiger partial charge in [0, 0.05) is 11.3 Å². The molecule has 0 heterocycles. The number of hydrogen-bond donors (Lipinski definition) is 1. The third-order valence-electron chi connectivity index (χ3n) is 3.03. The summed E-state index contributed by atoms with van der Waals surface area (Å²) in [5, 5.41) is 3.25. The molecule has 20 heavy (non-hydrogen) atoms. The number of rotatable bonds is 4. The fourth-order valence-electron chi connectivity index (χ4n) is 1.83. The average molecular weight is 290 g/mol. The Balaban J connectivity index is 2.12. The van der Waals surface area contributed by atoms with Gasteiger partial charge in [-0.25, -0.2) is 0 Å². The molecule has 4 heteroatoms. The van der Waals surface area contributed by atoms with Crippen molar-refractivity contribution >= 4 is 23.2 Å². The molecular weight excluding hydrogens is 274 g/mol. The SMILES string of the molecule is CCc1ccc(NC(=O)c2ccc(OC)c(Cl)c2)cc1. The highest BCUT2D eigenvalue weighted by atomic mass is 35.5. The maximum Gasteiger partial charge on any atom is 0.255 e. The van der Waals surface area contributed by atoms with Crippen LogP contribution < -0.4 is 10.1 Å². The van der Waals surface area contributed by atoms with Crippen molar-refractivity contribution in [3.05, 3.63) is 58.6 Å². The standard InChI is InChI=1S/C16H16ClNO2/c1-3-11-4-7-13(8-5-11)18-16(19)12-6-9-15(20-2)14(17)10-12/h4-10H,3H2,1-2H3,(H,18,19). The minimum Gasteiger partial charge on any atom is -0.495 e. The van der Waals surface area contributed by atoms with E-state index in [1.807, 2.05) is 24.3 Å². The summed E-state index contributed by atoms with van der Waals surface area (Å²) in [5.74, 6) is 0.356. The molecule has 0 aromatic heterocycles. The number of aryl methyl sites for hydroxylation is 1. The van der Waals surface area contributed by atoms with Crippen molar-refractivity contribution in [2.75, 3.05) is 12.4 Å². The van der Waals surface area contributed by atoms with Gasteiger partial charge in [-0.05, 0) is 42.3 Å². The molecule has 2 rings (SSSR count). The van der Waals surface area contributed by atoms with Gasteiger partial charge in [0.25, 0.3) is 5.91 Å². The molecule has 0 saturated carbocycles. The van der Waals surface area contributed by atoms with Crippen molar-refractivity contribution in [2.45, 2.75) is 13.3 Å². The number of halogens is 1. The number of methoxy groups -OCH3 is 1. The number of carbonyl (C=O) groups is 1. The number of hydrogen-bond acceptors (Lipinski definition) is 2. The lowest BCUT2D eigenvalue weighted by Crippen LogP contribution is -2.11. The van der Waals surface area contributed by atoms with Crippen LogP contribution in [-0.4, -0.2) is 13.0 Å². The Morgan fingerprint density at radius 2 is 1.90 bits per heavy atom. The molecule has 0 aliphatic carbocycles. The monoisotopic (exact) mass is 289 g/mol. The van der Waals surface area contributed by atoms with Gasteiger partial charge in [-0.1, -0.05) is 30.7 Å². The first-order valence-electron chi connectivity index (χ1n) is 6.38. The maximum absolute atomic E-state index is 12.1. The Morgan fingerprint density at radius 1 is 1.20 bits per heavy atom. The van der Waals surface area contributed by atoms with E-state index < -0.39 is 0 Å². The minimum atomic E-state index is -0.196. The van der Waals surface area contributed by atoms with E-state index in [2.05, 4.69) is 12.2 Å². The summed E-state index contributed by atoms with van der Waals surface area (Å²) in [6, 6.07) is 12.7. The fraction of sp³-hybridized carbons (Fsp3) is 0.188. The molecule has 0 bridgehead atoms. The van der Waals surface area contributed by atoms with Gasteiger partial charge in [-0.15, -0.1) is 0 Å². The molecule has 104 valence electrons. The smallest absolute Gasteiger partial charge is 0.255 e. The second kappa shape index (κ2) is 6.44. The summed E-state index contributed by atoms with van der Waals surface area (Å²) in [4.78, 5) is 12.1. The number of carbonyl (C=O) groups excluding carboxylic acids is 1. The van der Waals surface area contributed by atoms with Crippen molar-refractivity contribution in [3.8, 4) is 5.75 Å². The summed E-state index contributed by atoms with van der Waals surface area (Å²) in [6.07, 6.45) is 0.975. The predicted octanol–water partition coefficient (Wildman–Crippen LogP) is 4.16. The van der Waals surface area contributed by atoms with Crippen LogP contribution in [0, 0.1) is 0 Å². The van der Waals surface area contributed by atoms with E-state index in [0.717, 1.165) is 12.1 Å². The predicted molar refractivity (Wildman–Crippen MR) is 81.8 cm³/mol. The number of amides is 1. The minimum absolute atomic E-state index is 0.196. The highest BCUT2D eigenvalue weighted by molar-refractivity contribution is 6.32. The molecule has 0 aliphatic heterocycles. The average Bonchev–Trinajstić information content (AvgIpc) is 2.48. The number of ether oxygens (including phenoxy) is 1. The maximum atomic E-state index is 12.1. The Labute approximate surface area is 123 Å². The van der Waals surface area contributed by atoms with E-state index in [1.165, 1.54) is 12.7 Å². The zero-order chi connectivity index (χ0) is 14.5. The second-order valence-electron chi connectivity index (χ2n) is 4.35. The third-order valence-corrected chi connectivity index (χ3v) is 3.33. The molecule has 0 unspecified atom stereocenters. The molecule has 1 N–H and O–H groups in total. The Kier molecular flexibility index (Phi) is 4.64. The molecule has 2 aromatic carbocycles. The molecule has 1 amide bonds. The van der Waals surface area contributed by atoms with Crippen LogP contribution in [0.1, 0.15) is 22.8 Å². The van der Waals surface area contributed by atoms with Crippen LogP contribution in [0.3, 0.4) is 0 Å². The Bertz CT molecular complexity index is 608. The third kappa shape index (κ3) is 3.31. The summed E-state index contributed by atoms with van der Waals surface area (Å²) < 4.78 is 5.06. The highest BCUT2D eigenvalue weighted by Crippen LogP contribution is 2.25. The van der Waals surface area contributed by atoms with E-state index >= 15 is 0 Å². The summed E-state index contributed by atoms with van der Waals surface area (Å²) >= 11 is 6.01. The first-order chi connectivity index (χ1) is 9.63. The van der Waals surface area contributed by atoms with Crippen molar-refractivity contribution in [3.63, 3.8) is 0 Å². The Hall–Kier alpha value is -2.00. The van der Waals surface area contributed by atoms with E-state index in [1.54, 1.807) is 18.2 Å². The van der Waals surface area contributed by atoms with E-state index in [4.69, 9.17) is 16.3 Å². The van der Waals surface area contributed by atoms with Crippen LogP contribution in [0.25, 0.3) is 0 Å². The van der Waals surface area contributed by atoms with E-state index in [9.17, 15) is 4.79 Å². The fourth-order valence-corrected chi connectivity index (χ4v) is 2.09. The van der Waals surface area contributed by atoms with Gasteiger partial charge in [0.1, 0.15) is 5.75 Å². The van der Waals surface area contributed by atoms with Gasteiger partial charge in [0.15, 0.2) is 0 Å². The lowest BCUT2D eigenvalue weighted by atomic mass is 10.1.